The monoisotopic (exact) mass is 261 g/mol. The smallest absolute Gasteiger partial charge is 0.138 e. The van der Waals surface area contributed by atoms with Crippen molar-refractivity contribution in [1.29, 1.82) is 0 Å². The number of nitrogens with one attached hydrogen (secondary N) is 1. The third-order valence-corrected chi connectivity index (χ3v) is 3.22. The van der Waals surface area contributed by atoms with Gasteiger partial charge in [0.25, 0.3) is 0 Å². The van der Waals surface area contributed by atoms with E-state index in [2.05, 4.69) is 28.3 Å². The van der Waals surface area contributed by atoms with Crippen molar-refractivity contribution in [1.82, 2.24) is 9.97 Å². The van der Waals surface area contributed by atoms with Crippen LogP contribution in [-0.2, 0) is 12.8 Å². The summed E-state index contributed by atoms with van der Waals surface area (Å²) in [6, 6.07) is 8.21. The second-order valence-corrected chi connectivity index (χ2v) is 4.34. The van der Waals surface area contributed by atoms with Gasteiger partial charge in [0.1, 0.15) is 17.3 Å². The lowest BCUT2D eigenvalue weighted by molar-refractivity contribution is 1.05. The maximum Gasteiger partial charge on any atom is 0.138 e. The molecule has 0 aliphatic rings. The summed E-state index contributed by atoms with van der Waals surface area (Å²) in [7, 11) is 0. The molecule has 1 heterocycles. The van der Waals surface area contributed by atoms with Gasteiger partial charge in [0.15, 0.2) is 0 Å². The summed E-state index contributed by atoms with van der Waals surface area (Å²) in [5.41, 5.74) is 3.28. The Labute approximate surface area is 112 Å². The third-order valence-electron chi connectivity index (χ3n) is 2.90. The minimum atomic E-state index is 0.518. The summed E-state index contributed by atoms with van der Waals surface area (Å²) in [6.45, 7) is 4.18. The first-order valence-electron chi connectivity index (χ1n) is 6.10. The van der Waals surface area contributed by atoms with Gasteiger partial charge < -0.3 is 5.32 Å². The molecule has 0 unspecified atom stereocenters. The first kappa shape index (κ1) is 12.8. The topological polar surface area (TPSA) is 37.8 Å². The Morgan fingerprint density at radius 1 is 1.11 bits per heavy atom. The largest absolute Gasteiger partial charge is 0.340 e. The fourth-order valence-electron chi connectivity index (χ4n) is 1.89. The Kier molecular flexibility index (Phi) is 4.15. The second-order valence-electron chi connectivity index (χ2n) is 3.98. The SMILES string of the molecule is CCc1ccccc1Nc1ncnc(Cl)c1CC. The van der Waals surface area contributed by atoms with Gasteiger partial charge in [0.2, 0.25) is 0 Å². The number of nitrogens with zero attached hydrogens (tertiary/aromatic N) is 2. The standard InChI is InChI=1S/C14H16ClN3/c1-3-10-7-5-6-8-12(10)18-14-11(4-2)13(15)16-9-17-14/h5-9H,3-4H2,1-2H3,(H,16,17,18). The van der Waals surface area contributed by atoms with Crippen LogP contribution in [0.2, 0.25) is 5.15 Å². The number of anilines is 2. The summed E-state index contributed by atoms with van der Waals surface area (Å²) in [5, 5.41) is 3.87. The van der Waals surface area contributed by atoms with Crippen LogP contribution in [0.15, 0.2) is 30.6 Å². The van der Waals surface area contributed by atoms with E-state index in [1.54, 1.807) is 0 Å². The van der Waals surface area contributed by atoms with Gasteiger partial charge >= 0.3 is 0 Å². The first-order valence-corrected chi connectivity index (χ1v) is 6.48. The predicted molar refractivity (Wildman–Crippen MR) is 75.5 cm³/mol. The van der Waals surface area contributed by atoms with E-state index in [9.17, 15) is 0 Å². The predicted octanol–water partition coefficient (Wildman–Crippen LogP) is 4.00. The van der Waals surface area contributed by atoms with Gasteiger partial charge in [-0.05, 0) is 24.5 Å². The average molecular weight is 262 g/mol. The Bertz CT molecular complexity index is 540. The van der Waals surface area contributed by atoms with Gasteiger partial charge in [-0.1, -0.05) is 43.6 Å². The van der Waals surface area contributed by atoms with E-state index in [0.29, 0.717) is 5.15 Å². The maximum atomic E-state index is 6.08. The molecule has 2 aromatic rings. The number of rotatable bonds is 4. The minimum Gasteiger partial charge on any atom is -0.340 e. The number of aromatic nitrogens is 2. The average Bonchev–Trinajstić information content (AvgIpc) is 2.40. The molecule has 0 fully saturated rings. The number of benzene rings is 1. The molecule has 0 bridgehead atoms. The first-order chi connectivity index (χ1) is 8.76. The normalized spacial score (nSPS) is 10.4. The van der Waals surface area contributed by atoms with Crippen LogP contribution in [0.1, 0.15) is 25.0 Å². The van der Waals surface area contributed by atoms with E-state index in [0.717, 1.165) is 29.9 Å². The zero-order valence-electron chi connectivity index (χ0n) is 10.6. The van der Waals surface area contributed by atoms with Crippen LogP contribution in [0.3, 0.4) is 0 Å². The van der Waals surface area contributed by atoms with Crippen molar-refractivity contribution in [3.05, 3.63) is 46.9 Å². The van der Waals surface area contributed by atoms with Crippen LogP contribution in [0.25, 0.3) is 0 Å². The summed E-state index contributed by atoms with van der Waals surface area (Å²) < 4.78 is 0. The summed E-state index contributed by atoms with van der Waals surface area (Å²) in [6.07, 6.45) is 3.26. The van der Waals surface area contributed by atoms with E-state index >= 15 is 0 Å². The molecule has 0 spiro atoms. The quantitative estimate of drug-likeness (QED) is 0.846. The number of hydrogen-bond acceptors (Lipinski definition) is 3. The van der Waals surface area contributed by atoms with Crippen molar-refractivity contribution >= 4 is 23.1 Å². The van der Waals surface area contributed by atoms with Gasteiger partial charge in [0, 0.05) is 11.3 Å². The number of halogens is 1. The molecule has 1 aromatic carbocycles. The molecular formula is C14H16ClN3. The highest BCUT2D eigenvalue weighted by Crippen LogP contribution is 2.25. The van der Waals surface area contributed by atoms with Crippen LogP contribution < -0.4 is 5.32 Å². The van der Waals surface area contributed by atoms with Gasteiger partial charge in [-0.2, -0.15) is 0 Å². The van der Waals surface area contributed by atoms with Gasteiger partial charge in [-0.3, -0.25) is 0 Å². The molecular weight excluding hydrogens is 246 g/mol. The molecule has 1 N–H and O–H groups in total. The molecule has 18 heavy (non-hydrogen) atoms. The van der Waals surface area contributed by atoms with Crippen molar-refractivity contribution < 1.29 is 0 Å². The molecule has 3 nitrogen and oxygen atoms in total. The van der Waals surface area contributed by atoms with Crippen LogP contribution in [0.5, 0.6) is 0 Å². The van der Waals surface area contributed by atoms with Crippen LogP contribution in [0, 0.1) is 0 Å². The molecule has 0 radical (unpaired) electrons. The molecule has 0 saturated carbocycles. The Morgan fingerprint density at radius 3 is 2.61 bits per heavy atom. The Morgan fingerprint density at radius 2 is 1.89 bits per heavy atom. The molecule has 1 aromatic heterocycles. The summed E-state index contributed by atoms with van der Waals surface area (Å²) in [4.78, 5) is 8.28. The number of para-hydroxylation sites is 1. The van der Waals surface area contributed by atoms with Crippen molar-refractivity contribution in [2.24, 2.45) is 0 Å². The highest BCUT2D eigenvalue weighted by atomic mass is 35.5. The lowest BCUT2D eigenvalue weighted by Gasteiger charge is -2.13. The molecule has 4 heteroatoms. The molecule has 0 aliphatic heterocycles. The Balaban J connectivity index is 2.37. The maximum absolute atomic E-state index is 6.08. The fourth-order valence-corrected chi connectivity index (χ4v) is 2.16. The van der Waals surface area contributed by atoms with Crippen LogP contribution in [-0.4, -0.2) is 9.97 Å². The summed E-state index contributed by atoms with van der Waals surface area (Å²) in [5.74, 6) is 0.790. The van der Waals surface area contributed by atoms with E-state index in [-0.39, 0.29) is 0 Å². The van der Waals surface area contributed by atoms with Crippen LogP contribution >= 0.6 is 11.6 Å². The van der Waals surface area contributed by atoms with Crippen LogP contribution in [0.4, 0.5) is 11.5 Å². The zero-order valence-corrected chi connectivity index (χ0v) is 11.3. The minimum absolute atomic E-state index is 0.518. The van der Waals surface area contributed by atoms with E-state index in [1.165, 1.54) is 11.9 Å². The lowest BCUT2D eigenvalue weighted by Crippen LogP contribution is -2.02. The Hall–Kier alpha value is -1.61. The molecule has 0 amide bonds. The third kappa shape index (κ3) is 2.62. The van der Waals surface area contributed by atoms with Crippen molar-refractivity contribution in [3.8, 4) is 0 Å². The highest BCUT2D eigenvalue weighted by molar-refractivity contribution is 6.30. The van der Waals surface area contributed by atoms with Crippen molar-refractivity contribution in [2.75, 3.05) is 5.32 Å². The van der Waals surface area contributed by atoms with E-state index in [4.69, 9.17) is 11.6 Å². The molecule has 94 valence electrons. The molecule has 0 atom stereocenters. The number of hydrogen-bond donors (Lipinski definition) is 1. The van der Waals surface area contributed by atoms with Gasteiger partial charge in [-0.25, -0.2) is 9.97 Å². The van der Waals surface area contributed by atoms with Crippen molar-refractivity contribution in [3.63, 3.8) is 0 Å². The van der Waals surface area contributed by atoms with E-state index < -0.39 is 0 Å². The van der Waals surface area contributed by atoms with E-state index in [1.807, 2.05) is 25.1 Å². The second kappa shape index (κ2) is 5.83. The van der Waals surface area contributed by atoms with Gasteiger partial charge in [-0.15, -0.1) is 0 Å². The molecule has 0 saturated heterocycles. The zero-order chi connectivity index (χ0) is 13.0. The lowest BCUT2D eigenvalue weighted by atomic mass is 10.1. The van der Waals surface area contributed by atoms with Crippen molar-refractivity contribution in [2.45, 2.75) is 26.7 Å². The molecule has 2 rings (SSSR count). The van der Waals surface area contributed by atoms with Gasteiger partial charge in [0.05, 0.1) is 0 Å². The molecule has 0 aliphatic carbocycles. The number of aryl methyl sites for hydroxylation is 1. The highest BCUT2D eigenvalue weighted by Gasteiger charge is 2.09. The summed E-state index contributed by atoms with van der Waals surface area (Å²) >= 11 is 6.08. The fraction of sp³-hybridized carbons (Fsp3) is 0.286.